The van der Waals surface area contributed by atoms with Gasteiger partial charge in [-0.2, -0.15) is 5.10 Å². The predicted octanol–water partition coefficient (Wildman–Crippen LogP) is 3.17. The molecule has 0 unspecified atom stereocenters. The number of ether oxygens (including phenoxy) is 1. The van der Waals surface area contributed by atoms with Gasteiger partial charge in [0.1, 0.15) is 5.60 Å². The van der Waals surface area contributed by atoms with Crippen LogP contribution >= 0.6 is 0 Å². The number of carbonyl (C=O) groups is 2. The lowest BCUT2D eigenvalue weighted by molar-refractivity contribution is 0.0174. The number of anilines is 1. The summed E-state index contributed by atoms with van der Waals surface area (Å²) in [4.78, 5) is 28.0. The molecule has 3 rings (SSSR count). The molecule has 1 N–H and O–H groups in total. The lowest BCUT2D eigenvalue weighted by Crippen LogP contribution is -2.52. The minimum absolute atomic E-state index is 0.221. The fourth-order valence-electron chi connectivity index (χ4n) is 3.01. The summed E-state index contributed by atoms with van der Waals surface area (Å²) in [5, 5.41) is 7.22. The van der Waals surface area contributed by atoms with Crippen molar-refractivity contribution in [2.24, 2.45) is 7.05 Å². The van der Waals surface area contributed by atoms with Gasteiger partial charge in [-0.25, -0.2) is 9.59 Å². The molecule has 0 spiro atoms. The molecule has 0 saturated carbocycles. The molecular formula is C20H27N5O3. The summed E-state index contributed by atoms with van der Waals surface area (Å²) in [5.41, 5.74) is 1.43. The van der Waals surface area contributed by atoms with E-state index >= 15 is 0 Å². The number of rotatable bonds is 2. The first-order valence-electron chi connectivity index (χ1n) is 9.36. The van der Waals surface area contributed by atoms with Crippen molar-refractivity contribution >= 4 is 17.9 Å². The average Bonchev–Trinajstić information content (AvgIpc) is 3.01. The summed E-state index contributed by atoms with van der Waals surface area (Å²) in [6.45, 7) is 7.30. The van der Waals surface area contributed by atoms with Crippen LogP contribution in [0.25, 0.3) is 11.3 Å². The minimum atomic E-state index is -0.527. The monoisotopic (exact) mass is 385 g/mol. The standard InChI is InChI=1S/C20H27N5O3/c1-20(2,3)28-19(27)25-12-10-24(11-13-25)18(26)21-17-14-16(23(4)22-17)15-8-6-5-7-9-15/h5-9,14H,10-13H2,1-4H3,(H,21,22,26). The molecule has 2 aromatic rings. The Balaban J connectivity index is 1.56. The van der Waals surface area contributed by atoms with Crippen molar-refractivity contribution in [2.45, 2.75) is 26.4 Å². The molecule has 1 saturated heterocycles. The van der Waals surface area contributed by atoms with Crippen molar-refractivity contribution in [3.63, 3.8) is 0 Å². The third-order valence-electron chi connectivity index (χ3n) is 4.40. The topological polar surface area (TPSA) is 79.7 Å². The number of amides is 3. The van der Waals surface area contributed by atoms with Gasteiger partial charge in [-0.1, -0.05) is 30.3 Å². The molecule has 28 heavy (non-hydrogen) atoms. The highest BCUT2D eigenvalue weighted by Gasteiger charge is 2.28. The summed E-state index contributed by atoms with van der Waals surface area (Å²) >= 11 is 0. The second-order valence-corrected chi connectivity index (χ2v) is 7.79. The van der Waals surface area contributed by atoms with Gasteiger partial charge in [-0.15, -0.1) is 0 Å². The maximum Gasteiger partial charge on any atom is 0.410 e. The van der Waals surface area contributed by atoms with Gasteiger partial charge in [0.15, 0.2) is 5.82 Å². The largest absolute Gasteiger partial charge is 0.444 e. The summed E-state index contributed by atoms with van der Waals surface area (Å²) in [7, 11) is 1.84. The Morgan fingerprint density at radius 2 is 1.64 bits per heavy atom. The number of aryl methyl sites for hydroxylation is 1. The third-order valence-corrected chi connectivity index (χ3v) is 4.40. The normalized spacial score (nSPS) is 14.7. The number of aromatic nitrogens is 2. The number of piperazine rings is 1. The third kappa shape index (κ3) is 4.82. The molecule has 3 amide bonds. The van der Waals surface area contributed by atoms with Gasteiger partial charge in [0.05, 0.1) is 5.69 Å². The van der Waals surface area contributed by atoms with E-state index in [0.29, 0.717) is 32.0 Å². The van der Waals surface area contributed by atoms with E-state index in [0.717, 1.165) is 11.3 Å². The lowest BCUT2D eigenvalue weighted by atomic mass is 10.1. The maximum absolute atomic E-state index is 12.6. The number of hydrogen-bond acceptors (Lipinski definition) is 4. The molecule has 1 aliphatic heterocycles. The van der Waals surface area contributed by atoms with E-state index in [1.165, 1.54) is 0 Å². The predicted molar refractivity (Wildman–Crippen MR) is 107 cm³/mol. The van der Waals surface area contributed by atoms with Crippen LogP contribution in [0.2, 0.25) is 0 Å². The number of urea groups is 1. The minimum Gasteiger partial charge on any atom is -0.444 e. The fourth-order valence-corrected chi connectivity index (χ4v) is 3.01. The molecule has 0 aliphatic carbocycles. The molecular weight excluding hydrogens is 358 g/mol. The molecule has 1 aromatic heterocycles. The van der Waals surface area contributed by atoms with Gasteiger partial charge in [-0.3, -0.25) is 10.00 Å². The molecule has 1 aliphatic rings. The van der Waals surface area contributed by atoms with Crippen molar-refractivity contribution in [1.29, 1.82) is 0 Å². The van der Waals surface area contributed by atoms with Crippen molar-refractivity contribution in [2.75, 3.05) is 31.5 Å². The van der Waals surface area contributed by atoms with E-state index in [2.05, 4.69) is 10.4 Å². The van der Waals surface area contributed by atoms with Crippen LogP contribution < -0.4 is 5.32 Å². The smallest absolute Gasteiger partial charge is 0.410 e. The maximum atomic E-state index is 12.6. The van der Waals surface area contributed by atoms with Crippen LogP contribution in [0.3, 0.4) is 0 Å². The summed E-state index contributed by atoms with van der Waals surface area (Å²) in [5.74, 6) is 0.501. The Kier molecular flexibility index (Phi) is 5.58. The zero-order valence-electron chi connectivity index (χ0n) is 16.8. The first kappa shape index (κ1) is 19.7. The van der Waals surface area contributed by atoms with Gasteiger partial charge < -0.3 is 14.5 Å². The Labute approximate surface area is 165 Å². The second-order valence-electron chi connectivity index (χ2n) is 7.79. The van der Waals surface area contributed by atoms with Crippen LogP contribution in [-0.2, 0) is 11.8 Å². The van der Waals surface area contributed by atoms with E-state index < -0.39 is 5.60 Å². The lowest BCUT2D eigenvalue weighted by Gasteiger charge is -2.35. The van der Waals surface area contributed by atoms with Crippen molar-refractivity contribution < 1.29 is 14.3 Å². The van der Waals surface area contributed by atoms with E-state index in [4.69, 9.17) is 4.74 Å². The molecule has 150 valence electrons. The van der Waals surface area contributed by atoms with Crippen molar-refractivity contribution in [1.82, 2.24) is 19.6 Å². The number of benzene rings is 1. The highest BCUT2D eigenvalue weighted by atomic mass is 16.6. The van der Waals surface area contributed by atoms with Crippen molar-refractivity contribution in [3.8, 4) is 11.3 Å². The summed E-state index contributed by atoms with van der Waals surface area (Å²) < 4.78 is 7.12. The fraction of sp³-hybridized carbons (Fsp3) is 0.450. The molecule has 8 nitrogen and oxygen atoms in total. The van der Waals surface area contributed by atoms with Gasteiger partial charge in [0.2, 0.25) is 0 Å². The van der Waals surface area contributed by atoms with Crippen LogP contribution in [0.1, 0.15) is 20.8 Å². The summed E-state index contributed by atoms with van der Waals surface area (Å²) in [6, 6.07) is 11.5. The SMILES string of the molecule is Cn1nc(NC(=O)N2CCN(C(=O)OC(C)(C)C)CC2)cc1-c1ccccc1. The van der Waals surface area contributed by atoms with Gasteiger partial charge in [-0.05, 0) is 26.3 Å². The number of hydrogen-bond donors (Lipinski definition) is 1. The average molecular weight is 385 g/mol. The van der Waals surface area contributed by atoms with Gasteiger partial charge in [0, 0.05) is 39.3 Å². The summed E-state index contributed by atoms with van der Waals surface area (Å²) in [6.07, 6.45) is -0.343. The Morgan fingerprint density at radius 1 is 1.04 bits per heavy atom. The van der Waals surface area contributed by atoms with Crippen LogP contribution in [0.15, 0.2) is 36.4 Å². The molecule has 8 heteroatoms. The number of carbonyl (C=O) groups excluding carboxylic acids is 2. The zero-order chi connectivity index (χ0) is 20.3. The first-order valence-corrected chi connectivity index (χ1v) is 9.36. The number of nitrogens with one attached hydrogen (secondary N) is 1. The van der Waals surface area contributed by atoms with Crippen LogP contribution in [0.4, 0.5) is 15.4 Å². The molecule has 0 atom stereocenters. The Hall–Kier alpha value is -3.03. The van der Waals surface area contributed by atoms with Gasteiger partial charge >= 0.3 is 12.1 Å². The molecule has 1 fully saturated rings. The quantitative estimate of drug-likeness (QED) is 0.861. The first-order chi connectivity index (χ1) is 13.2. The highest BCUT2D eigenvalue weighted by molar-refractivity contribution is 5.89. The van der Waals surface area contributed by atoms with E-state index in [9.17, 15) is 9.59 Å². The van der Waals surface area contributed by atoms with E-state index in [-0.39, 0.29) is 12.1 Å². The molecule has 0 bridgehead atoms. The van der Waals surface area contributed by atoms with Crippen LogP contribution in [-0.4, -0.2) is 63.5 Å². The number of nitrogens with zero attached hydrogens (tertiary/aromatic N) is 4. The van der Waals surface area contributed by atoms with Gasteiger partial charge in [0.25, 0.3) is 0 Å². The van der Waals surface area contributed by atoms with E-state index in [1.54, 1.807) is 14.5 Å². The second kappa shape index (κ2) is 7.92. The zero-order valence-corrected chi connectivity index (χ0v) is 16.8. The van der Waals surface area contributed by atoms with E-state index in [1.807, 2.05) is 64.2 Å². The Bertz CT molecular complexity index is 833. The Morgan fingerprint density at radius 3 is 2.25 bits per heavy atom. The molecule has 0 radical (unpaired) electrons. The molecule has 1 aromatic carbocycles. The van der Waals surface area contributed by atoms with Crippen LogP contribution in [0.5, 0.6) is 0 Å². The van der Waals surface area contributed by atoms with Crippen molar-refractivity contribution in [3.05, 3.63) is 36.4 Å². The van der Waals surface area contributed by atoms with Crippen LogP contribution in [0, 0.1) is 0 Å². The molecule has 2 heterocycles. The highest BCUT2D eigenvalue weighted by Crippen LogP contribution is 2.22.